The van der Waals surface area contributed by atoms with Crippen molar-refractivity contribution in [3.63, 3.8) is 0 Å². The maximum Gasteiger partial charge on any atom is 0.287 e. The van der Waals surface area contributed by atoms with E-state index in [0.29, 0.717) is 5.69 Å². The molecule has 1 aliphatic rings. The summed E-state index contributed by atoms with van der Waals surface area (Å²) in [5.41, 5.74) is 1.59. The van der Waals surface area contributed by atoms with E-state index in [9.17, 15) is 8.42 Å². The molecule has 1 unspecified atom stereocenters. The number of hydrogen-bond acceptors (Lipinski definition) is 4. The van der Waals surface area contributed by atoms with Crippen molar-refractivity contribution in [3.8, 4) is 0 Å². The van der Waals surface area contributed by atoms with E-state index < -0.39 is 10.0 Å². The molecule has 0 fully saturated rings. The van der Waals surface area contributed by atoms with Crippen molar-refractivity contribution in [2.24, 2.45) is 4.40 Å². The van der Waals surface area contributed by atoms with Gasteiger partial charge < -0.3 is 10.6 Å². The Labute approximate surface area is 123 Å². The van der Waals surface area contributed by atoms with Gasteiger partial charge in [-0.25, -0.2) is 0 Å². The molecule has 1 atom stereocenters. The highest BCUT2D eigenvalue weighted by Gasteiger charge is 2.24. The SMILES string of the molecule is CC(NC1=NS(=O)(=O)c2ccccc2N1)c1ccccc1. The third kappa shape index (κ3) is 2.75. The van der Waals surface area contributed by atoms with Crippen LogP contribution in [0.5, 0.6) is 0 Å². The van der Waals surface area contributed by atoms with E-state index in [0.717, 1.165) is 5.56 Å². The van der Waals surface area contributed by atoms with Crippen LogP contribution >= 0.6 is 0 Å². The van der Waals surface area contributed by atoms with Crippen molar-refractivity contribution >= 4 is 21.7 Å². The maximum atomic E-state index is 12.1. The van der Waals surface area contributed by atoms with Crippen LogP contribution in [0.1, 0.15) is 18.5 Å². The minimum Gasteiger partial charge on any atom is -0.349 e. The molecule has 108 valence electrons. The molecule has 0 radical (unpaired) electrons. The van der Waals surface area contributed by atoms with E-state index >= 15 is 0 Å². The van der Waals surface area contributed by atoms with Gasteiger partial charge in [0.1, 0.15) is 4.90 Å². The van der Waals surface area contributed by atoms with Crippen LogP contribution in [0.2, 0.25) is 0 Å². The highest BCUT2D eigenvalue weighted by Crippen LogP contribution is 2.26. The zero-order chi connectivity index (χ0) is 14.9. The number of para-hydroxylation sites is 1. The smallest absolute Gasteiger partial charge is 0.287 e. The number of nitrogens with zero attached hydrogens (tertiary/aromatic N) is 1. The molecule has 0 spiro atoms. The zero-order valence-electron chi connectivity index (χ0n) is 11.4. The van der Waals surface area contributed by atoms with Crippen molar-refractivity contribution in [1.29, 1.82) is 0 Å². The highest BCUT2D eigenvalue weighted by atomic mass is 32.2. The van der Waals surface area contributed by atoms with Crippen LogP contribution in [0.15, 0.2) is 63.9 Å². The molecule has 0 amide bonds. The second kappa shape index (κ2) is 5.21. The predicted molar refractivity (Wildman–Crippen MR) is 82.7 cm³/mol. The molecule has 0 saturated carbocycles. The number of nitrogens with one attached hydrogen (secondary N) is 2. The van der Waals surface area contributed by atoms with E-state index in [-0.39, 0.29) is 16.9 Å². The van der Waals surface area contributed by atoms with Gasteiger partial charge >= 0.3 is 0 Å². The number of rotatable bonds is 2. The molecule has 6 heteroatoms. The van der Waals surface area contributed by atoms with Crippen molar-refractivity contribution in [1.82, 2.24) is 5.32 Å². The van der Waals surface area contributed by atoms with Crippen LogP contribution in [-0.2, 0) is 10.0 Å². The summed E-state index contributed by atoms with van der Waals surface area (Å²) in [6.07, 6.45) is 0. The third-order valence-corrected chi connectivity index (χ3v) is 4.62. The van der Waals surface area contributed by atoms with Gasteiger partial charge in [-0.15, -0.1) is 4.40 Å². The van der Waals surface area contributed by atoms with E-state index in [4.69, 9.17) is 0 Å². The van der Waals surface area contributed by atoms with Crippen LogP contribution in [-0.4, -0.2) is 14.4 Å². The molecule has 3 rings (SSSR count). The molecule has 2 aromatic rings. The number of sulfonamides is 1. The lowest BCUT2D eigenvalue weighted by Gasteiger charge is -2.22. The fourth-order valence-corrected chi connectivity index (χ4v) is 3.29. The molecule has 0 aromatic heterocycles. The van der Waals surface area contributed by atoms with Gasteiger partial charge in [0.05, 0.1) is 11.7 Å². The summed E-state index contributed by atoms with van der Waals surface area (Å²) in [7, 11) is -3.66. The fraction of sp³-hybridized carbons (Fsp3) is 0.133. The topological polar surface area (TPSA) is 70.6 Å². The Morgan fingerprint density at radius 1 is 1.05 bits per heavy atom. The summed E-state index contributed by atoms with van der Waals surface area (Å²) in [5, 5.41) is 6.10. The average Bonchev–Trinajstić information content (AvgIpc) is 2.47. The minimum atomic E-state index is -3.66. The molecule has 5 nitrogen and oxygen atoms in total. The summed E-state index contributed by atoms with van der Waals surface area (Å²) in [5.74, 6) is 0.241. The predicted octanol–water partition coefficient (Wildman–Crippen LogP) is 2.51. The molecule has 0 bridgehead atoms. The Morgan fingerprint density at radius 3 is 2.48 bits per heavy atom. The molecule has 0 aliphatic carbocycles. The summed E-state index contributed by atoms with van der Waals surface area (Å²) in [6.45, 7) is 1.95. The molecule has 0 saturated heterocycles. The number of benzene rings is 2. The van der Waals surface area contributed by atoms with Crippen LogP contribution in [0.4, 0.5) is 5.69 Å². The van der Waals surface area contributed by atoms with Gasteiger partial charge in [-0.05, 0) is 24.6 Å². The third-order valence-electron chi connectivity index (χ3n) is 3.28. The Balaban J connectivity index is 1.87. The Hall–Kier alpha value is -2.34. The van der Waals surface area contributed by atoms with Gasteiger partial charge in [0.25, 0.3) is 10.0 Å². The Kier molecular flexibility index (Phi) is 3.39. The van der Waals surface area contributed by atoms with Gasteiger partial charge in [-0.1, -0.05) is 42.5 Å². The standard InChI is InChI=1S/C15H15N3O2S/c1-11(12-7-3-2-4-8-12)16-15-17-13-9-5-6-10-14(13)21(19,20)18-15/h2-11H,1H3,(H2,16,17,18). The van der Waals surface area contributed by atoms with Crippen molar-refractivity contribution in [2.45, 2.75) is 17.9 Å². The summed E-state index contributed by atoms with van der Waals surface area (Å²) in [4.78, 5) is 0.197. The summed E-state index contributed by atoms with van der Waals surface area (Å²) >= 11 is 0. The lowest BCUT2D eigenvalue weighted by molar-refractivity contribution is 0.596. The molecular weight excluding hydrogens is 286 g/mol. The monoisotopic (exact) mass is 301 g/mol. The number of hydrogen-bond donors (Lipinski definition) is 2. The van der Waals surface area contributed by atoms with Gasteiger partial charge in [-0.2, -0.15) is 8.42 Å². The molecule has 2 aromatic carbocycles. The van der Waals surface area contributed by atoms with Crippen molar-refractivity contribution in [3.05, 3.63) is 60.2 Å². The van der Waals surface area contributed by atoms with Crippen molar-refractivity contribution < 1.29 is 8.42 Å². The van der Waals surface area contributed by atoms with E-state index in [1.54, 1.807) is 24.3 Å². The molecule has 1 heterocycles. The lowest BCUT2D eigenvalue weighted by atomic mass is 10.1. The Bertz CT molecular complexity index is 786. The second-order valence-electron chi connectivity index (χ2n) is 4.81. The fourth-order valence-electron chi connectivity index (χ4n) is 2.21. The molecule has 2 N–H and O–H groups in total. The molecule has 1 aliphatic heterocycles. The number of guanidine groups is 1. The summed E-state index contributed by atoms with van der Waals surface area (Å²) in [6, 6.07) is 16.4. The first-order valence-corrected chi connectivity index (χ1v) is 8.03. The van der Waals surface area contributed by atoms with Crippen molar-refractivity contribution in [2.75, 3.05) is 5.32 Å². The van der Waals surface area contributed by atoms with Gasteiger partial charge in [0.2, 0.25) is 5.96 Å². The van der Waals surface area contributed by atoms with Crippen LogP contribution in [0.3, 0.4) is 0 Å². The normalized spacial score (nSPS) is 17.1. The maximum absolute atomic E-state index is 12.1. The highest BCUT2D eigenvalue weighted by molar-refractivity contribution is 7.90. The first kappa shape index (κ1) is 13.6. The largest absolute Gasteiger partial charge is 0.349 e. The van der Waals surface area contributed by atoms with Crippen LogP contribution in [0, 0.1) is 0 Å². The number of fused-ring (bicyclic) bond motifs is 1. The minimum absolute atomic E-state index is 0.0575. The Morgan fingerprint density at radius 2 is 1.71 bits per heavy atom. The average molecular weight is 301 g/mol. The van der Waals surface area contributed by atoms with Gasteiger partial charge in [-0.3, -0.25) is 0 Å². The first-order chi connectivity index (χ1) is 10.1. The molecular formula is C15H15N3O2S. The first-order valence-electron chi connectivity index (χ1n) is 6.59. The van der Waals surface area contributed by atoms with Crippen LogP contribution in [0.25, 0.3) is 0 Å². The number of anilines is 1. The van der Waals surface area contributed by atoms with E-state index in [1.165, 1.54) is 0 Å². The molecule has 21 heavy (non-hydrogen) atoms. The summed E-state index contributed by atoms with van der Waals surface area (Å²) < 4.78 is 28.1. The van der Waals surface area contributed by atoms with E-state index in [1.807, 2.05) is 37.3 Å². The lowest BCUT2D eigenvalue weighted by Crippen LogP contribution is -2.36. The van der Waals surface area contributed by atoms with Gasteiger partial charge in [0.15, 0.2) is 0 Å². The second-order valence-corrected chi connectivity index (χ2v) is 6.39. The zero-order valence-corrected chi connectivity index (χ0v) is 12.3. The van der Waals surface area contributed by atoms with Gasteiger partial charge in [0, 0.05) is 0 Å². The van der Waals surface area contributed by atoms with E-state index in [2.05, 4.69) is 15.0 Å². The quantitative estimate of drug-likeness (QED) is 0.894. The van der Waals surface area contributed by atoms with Crippen LogP contribution < -0.4 is 10.6 Å².